The molecular weight excluding hydrogens is 561 g/mol. The molecule has 0 atom stereocenters. The number of aromatic amines is 1. The maximum absolute atomic E-state index is 12.5. The first-order chi connectivity index (χ1) is 20.5. The number of ether oxygens (including phenoxy) is 1. The smallest absolute Gasteiger partial charge is 0.335 e. The Morgan fingerprint density at radius 2 is 1.74 bits per heavy atom. The summed E-state index contributed by atoms with van der Waals surface area (Å²) in [4.78, 5) is 44.4. The lowest BCUT2D eigenvalue weighted by atomic mass is 9.93. The third-order valence-corrected chi connectivity index (χ3v) is 7.99. The van der Waals surface area contributed by atoms with Crippen molar-refractivity contribution in [2.75, 3.05) is 40.0 Å². The maximum Gasteiger partial charge on any atom is 0.335 e. The molecule has 13 nitrogen and oxygen atoms in total. The van der Waals surface area contributed by atoms with Crippen molar-refractivity contribution in [3.05, 3.63) is 34.1 Å². The first kappa shape index (κ1) is 32.3. The number of fused-ring (bicyclic) bond motifs is 1. The molecule has 6 rings (SSSR count). The van der Waals surface area contributed by atoms with Gasteiger partial charge in [-0.1, -0.05) is 5.16 Å². The molecule has 3 aliphatic rings. The molecule has 2 saturated heterocycles. The van der Waals surface area contributed by atoms with E-state index in [2.05, 4.69) is 25.1 Å². The summed E-state index contributed by atoms with van der Waals surface area (Å²) >= 11 is 0. The number of H-pyrrole nitrogens is 1. The van der Waals surface area contributed by atoms with Crippen LogP contribution < -0.4 is 5.56 Å². The monoisotopic (exact) mass is 603 g/mol. The van der Waals surface area contributed by atoms with Crippen LogP contribution in [0.25, 0.3) is 17.1 Å². The van der Waals surface area contributed by atoms with Crippen LogP contribution in [0.4, 0.5) is 4.39 Å². The highest BCUT2D eigenvalue weighted by Gasteiger charge is 2.33. The predicted molar refractivity (Wildman–Crippen MR) is 156 cm³/mol. The van der Waals surface area contributed by atoms with Gasteiger partial charge in [0, 0.05) is 44.1 Å². The molecule has 0 aromatic carbocycles. The average molecular weight is 604 g/mol. The van der Waals surface area contributed by atoms with Gasteiger partial charge < -0.3 is 29.2 Å². The van der Waals surface area contributed by atoms with Gasteiger partial charge in [-0.15, -0.1) is 0 Å². The SMILES string of the molecule is COC(C)(C)C.O=C(O)CF.O=CN1CCC(c2cc(=O)[nH]c3c(-c4nc(C5CCN(C6CC6)CC5)no4)cnn23)CC1. The molecule has 1 aliphatic carbocycles. The van der Waals surface area contributed by atoms with Gasteiger partial charge in [-0.25, -0.2) is 13.7 Å². The van der Waals surface area contributed by atoms with E-state index >= 15 is 0 Å². The fourth-order valence-corrected chi connectivity index (χ4v) is 5.23. The topological polar surface area (TPSA) is 159 Å². The molecule has 0 radical (unpaired) electrons. The number of carboxylic acids is 1. The molecule has 14 heteroatoms. The van der Waals surface area contributed by atoms with Crippen molar-refractivity contribution in [3.8, 4) is 11.5 Å². The zero-order valence-corrected chi connectivity index (χ0v) is 25.3. The largest absolute Gasteiger partial charge is 0.479 e. The van der Waals surface area contributed by atoms with Crippen LogP contribution in [-0.4, -0.2) is 104 Å². The van der Waals surface area contributed by atoms with Gasteiger partial charge in [0.05, 0.1) is 17.5 Å². The Morgan fingerprint density at radius 1 is 1.14 bits per heavy atom. The summed E-state index contributed by atoms with van der Waals surface area (Å²) in [6.07, 6.45) is 8.94. The Labute approximate surface area is 249 Å². The molecule has 236 valence electrons. The number of piperidine rings is 2. The Morgan fingerprint density at radius 3 is 2.28 bits per heavy atom. The summed E-state index contributed by atoms with van der Waals surface area (Å²) < 4.78 is 22.8. The Hall–Kier alpha value is -3.65. The Bertz CT molecular complexity index is 1410. The predicted octanol–water partition coefficient (Wildman–Crippen LogP) is 3.22. The van der Waals surface area contributed by atoms with Gasteiger partial charge in [0.2, 0.25) is 6.41 Å². The van der Waals surface area contributed by atoms with Gasteiger partial charge in [0.1, 0.15) is 11.2 Å². The quantitative estimate of drug-likeness (QED) is 0.401. The lowest BCUT2D eigenvalue weighted by Crippen LogP contribution is -2.34. The molecule has 2 N–H and O–H groups in total. The molecule has 3 aromatic rings. The molecule has 1 saturated carbocycles. The number of aliphatic carboxylic acids is 1. The van der Waals surface area contributed by atoms with E-state index in [-0.39, 0.29) is 17.1 Å². The van der Waals surface area contributed by atoms with E-state index in [1.54, 1.807) is 28.8 Å². The minimum absolute atomic E-state index is 0.0417. The number of nitrogens with one attached hydrogen (secondary N) is 1. The van der Waals surface area contributed by atoms with Gasteiger partial charge in [0.25, 0.3) is 11.4 Å². The minimum Gasteiger partial charge on any atom is -0.479 e. The first-order valence-corrected chi connectivity index (χ1v) is 14.7. The third-order valence-electron chi connectivity index (χ3n) is 7.99. The molecule has 0 bridgehead atoms. The van der Waals surface area contributed by atoms with Gasteiger partial charge in [-0.05, 0) is 72.4 Å². The molecule has 2 aliphatic heterocycles. The lowest BCUT2D eigenvalue weighted by molar-refractivity contribution is -0.137. The Balaban J connectivity index is 0.000000332. The highest BCUT2D eigenvalue weighted by atomic mass is 19.1. The van der Waals surface area contributed by atoms with Gasteiger partial charge in [0.15, 0.2) is 12.5 Å². The van der Waals surface area contributed by atoms with Crippen LogP contribution >= 0.6 is 0 Å². The van der Waals surface area contributed by atoms with Crippen LogP contribution in [0.5, 0.6) is 0 Å². The van der Waals surface area contributed by atoms with Crippen molar-refractivity contribution in [1.82, 2.24) is 34.5 Å². The van der Waals surface area contributed by atoms with Crippen LogP contribution in [0.2, 0.25) is 0 Å². The number of aromatic nitrogens is 5. The highest BCUT2D eigenvalue weighted by molar-refractivity contribution is 5.71. The minimum atomic E-state index is -1.41. The zero-order chi connectivity index (χ0) is 31.1. The highest BCUT2D eigenvalue weighted by Crippen LogP contribution is 2.35. The number of methoxy groups -OCH3 is 1. The number of hydrogen-bond acceptors (Lipinski definition) is 9. The molecule has 0 spiro atoms. The van der Waals surface area contributed by atoms with Gasteiger partial charge in [-0.3, -0.25) is 9.59 Å². The van der Waals surface area contributed by atoms with Crippen molar-refractivity contribution in [3.63, 3.8) is 0 Å². The number of amides is 1. The number of nitrogens with zero attached hydrogens (tertiary/aromatic N) is 6. The number of carbonyl (C=O) groups is 2. The number of carboxylic acid groups (broad SMARTS) is 1. The van der Waals surface area contributed by atoms with Crippen molar-refractivity contribution < 1.29 is 28.3 Å². The summed E-state index contributed by atoms with van der Waals surface area (Å²) in [6, 6.07) is 2.41. The number of likely N-dealkylation sites (tertiary alicyclic amines) is 2. The summed E-state index contributed by atoms with van der Waals surface area (Å²) in [6.45, 7) is 8.34. The zero-order valence-electron chi connectivity index (χ0n) is 25.3. The summed E-state index contributed by atoms with van der Waals surface area (Å²) in [5, 5.41) is 16.2. The molecule has 1 amide bonds. The fraction of sp³-hybridized carbons (Fsp3) is 0.655. The van der Waals surface area contributed by atoms with Crippen LogP contribution in [0.3, 0.4) is 0 Å². The van der Waals surface area contributed by atoms with Crippen molar-refractivity contribution in [2.45, 2.75) is 82.8 Å². The normalized spacial score (nSPS) is 18.5. The van der Waals surface area contributed by atoms with E-state index in [1.807, 2.05) is 20.8 Å². The number of carbonyl (C=O) groups excluding carboxylic acids is 1. The molecule has 43 heavy (non-hydrogen) atoms. The average Bonchev–Trinajstić information content (AvgIpc) is 3.59. The summed E-state index contributed by atoms with van der Waals surface area (Å²) in [5.74, 6) is 0.198. The third kappa shape index (κ3) is 8.69. The number of alkyl halides is 1. The van der Waals surface area contributed by atoms with Crippen molar-refractivity contribution >= 4 is 18.0 Å². The molecule has 0 unspecified atom stereocenters. The van der Waals surface area contributed by atoms with Crippen molar-refractivity contribution in [1.29, 1.82) is 0 Å². The van der Waals surface area contributed by atoms with E-state index in [9.17, 15) is 14.0 Å². The molecule has 3 fully saturated rings. The number of rotatable bonds is 6. The molecular formula is C29H42FN7O6. The van der Waals surface area contributed by atoms with Gasteiger partial charge >= 0.3 is 5.97 Å². The number of hydrogen-bond donors (Lipinski definition) is 2. The summed E-state index contributed by atoms with van der Waals surface area (Å²) in [7, 11) is 1.71. The van der Waals surface area contributed by atoms with E-state index in [0.717, 1.165) is 62.7 Å². The standard InChI is InChI=1S/C22H27N7O3.C5H12O.C2H3FO2/c30-13-27-7-3-14(4-8-27)18-11-19(31)24-21-17(12-23-29(18)21)22-25-20(26-32-22)15-5-9-28(10-6-15)16-1-2-16;1-5(2,3)6-4;3-1-2(4)5/h11-16H,1-10H2,(H,24,31);1-4H3;1H2,(H,4,5). The lowest BCUT2D eigenvalue weighted by Gasteiger charge is -2.30. The first-order valence-electron chi connectivity index (χ1n) is 14.7. The van der Waals surface area contributed by atoms with E-state index in [0.29, 0.717) is 36.1 Å². The van der Waals surface area contributed by atoms with Crippen molar-refractivity contribution in [2.24, 2.45) is 0 Å². The van der Waals surface area contributed by atoms with E-state index in [1.165, 1.54) is 12.8 Å². The van der Waals surface area contributed by atoms with Crippen LogP contribution in [0.1, 0.15) is 82.7 Å². The van der Waals surface area contributed by atoms with Crippen LogP contribution in [0.15, 0.2) is 21.6 Å². The molecule has 5 heterocycles. The number of halogens is 1. The second kappa shape index (κ2) is 14.2. The van der Waals surface area contributed by atoms with E-state index in [4.69, 9.17) is 19.2 Å². The fourth-order valence-electron chi connectivity index (χ4n) is 5.23. The maximum atomic E-state index is 12.5. The second-order valence-electron chi connectivity index (χ2n) is 12.1. The van der Waals surface area contributed by atoms with Gasteiger partial charge in [-0.2, -0.15) is 10.1 Å². The molecule has 3 aromatic heterocycles. The van der Waals surface area contributed by atoms with Crippen LogP contribution in [-0.2, 0) is 14.3 Å². The Kier molecular flexibility index (Phi) is 10.7. The second-order valence-corrected chi connectivity index (χ2v) is 12.1. The van der Waals surface area contributed by atoms with Crippen LogP contribution in [0, 0.1) is 0 Å². The van der Waals surface area contributed by atoms with E-state index < -0.39 is 12.6 Å². The summed E-state index contributed by atoms with van der Waals surface area (Å²) in [5.41, 5.74) is 1.93.